The van der Waals surface area contributed by atoms with Crippen LogP contribution in [0.3, 0.4) is 0 Å². The van der Waals surface area contributed by atoms with Crippen LogP contribution in [-0.4, -0.2) is 32.4 Å². The van der Waals surface area contributed by atoms with Crippen LogP contribution in [0.1, 0.15) is 48.3 Å². The number of allylic oxidation sites excluding steroid dienone is 3. The van der Waals surface area contributed by atoms with E-state index in [-0.39, 0.29) is 46.5 Å². The van der Waals surface area contributed by atoms with Crippen molar-refractivity contribution in [3.63, 3.8) is 0 Å². The van der Waals surface area contributed by atoms with Crippen LogP contribution >= 0.6 is 0 Å². The second kappa shape index (κ2) is 11.2. The van der Waals surface area contributed by atoms with Crippen LogP contribution in [0.2, 0.25) is 0 Å². The maximum absolute atomic E-state index is 13.8. The summed E-state index contributed by atoms with van der Waals surface area (Å²) in [5.41, 5.74) is 3.53. The van der Waals surface area contributed by atoms with Crippen molar-refractivity contribution in [2.24, 2.45) is 5.14 Å². The van der Waals surface area contributed by atoms with Crippen molar-refractivity contribution in [2.75, 3.05) is 7.11 Å². The van der Waals surface area contributed by atoms with Gasteiger partial charge in [0.2, 0.25) is 10.0 Å². The third-order valence-corrected chi connectivity index (χ3v) is 8.48. The minimum Gasteiger partial charge on any atom is -0.508 e. The topological polar surface area (TPSA) is 145 Å². The highest BCUT2D eigenvalue weighted by molar-refractivity contribution is 7.89. The number of methoxy groups -OCH3 is 1. The molecule has 1 heterocycles. The summed E-state index contributed by atoms with van der Waals surface area (Å²) in [7, 11) is -2.44. The molecule has 10 heteroatoms. The lowest BCUT2D eigenvalue weighted by atomic mass is 9.71. The van der Waals surface area contributed by atoms with Gasteiger partial charge in [-0.2, -0.15) is 0 Å². The van der Waals surface area contributed by atoms with Crippen LogP contribution in [-0.2, 0) is 31.0 Å². The quantitative estimate of drug-likeness (QED) is 0.357. The van der Waals surface area contributed by atoms with Crippen molar-refractivity contribution >= 4 is 21.8 Å². The van der Waals surface area contributed by atoms with Crippen LogP contribution in [0.5, 0.6) is 11.5 Å². The Morgan fingerprint density at radius 2 is 1.78 bits per heavy atom. The Morgan fingerprint density at radius 1 is 1.05 bits per heavy atom. The summed E-state index contributed by atoms with van der Waals surface area (Å²) >= 11 is 0. The molecule has 2 aliphatic rings. The van der Waals surface area contributed by atoms with Gasteiger partial charge < -0.3 is 19.9 Å². The minimum atomic E-state index is -4.04. The van der Waals surface area contributed by atoms with Gasteiger partial charge in [-0.1, -0.05) is 48.5 Å². The summed E-state index contributed by atoms with van der Waals surface area (Å²) in [6.45, 7) is 1.39. The van der Waals surface area contributed by atoms with Gasteiger partial charge >= 0.3 is 5.97 Å². The van der Waals surface area contributed by atoms with E-state index >= 15 is 0 Å². The van der Waals surface area contributed by atoms with Gasteiger partial charge in [0.05, 0.1) is 17.6 Å². The number of rotatable bonds is 7. The molecule has 0 radical (unpaired) electrons. The number of para-hydroxylation sites is 1. The zero-order valence-corrected chi connectivity index (χ0v) is 23.4. The average molecular weight is 575 g/mol. The van der Waals surface area contributed by atoms with Gasteiger partial charge in [0.1, 0.15) is 18.1 Å². The number of ether oxygens (including phenoxy) is 2. The fourth-order valence-electron chi connectivity index (χ4n) is 5.69. The molecule has 41 heavy (non-hydrogen) atoms. The summed E-state index contributed by atoms with van der Waals surface area (Å²) < 4.78 is 35.2. The van der Waals surface area contributed by atoms with E-state index in [1.54, 1.807) is 32.2 Å². The van der Waals surface area contributed by atoms with Gasteiger partial charge in [-0.3, -0.25) is 4.79 Å². The molecule has 3 aromatic rings. The van der Waals surface area contributed by atoms with E-state index in [0.717, 1.165) is 5.56 Å². The molecule has 4 N–H and O–H groups in total. The van der Waals surface area contributed by atoms with Crippen LogP contribution < -0.4 is 15.2 Å². The number of hydrogen-bond donors (Lipinski definition) is 3. The van der Waals surface area contributed by atoms with Crippen LogP contribution in [0.25, 0.3) is 0 Å². The smallest absolute Gasteiger partial charge is 0.337 e. The van der Waals surface area contributed by atoms with Gasteiger partial charge in [0.25, 0.3) is 0 Å². The summed E-state index contributed by atoms with van der Waals surface area (Å²) in [5.74, 6) is -1.10. The molecule has 3 aromatic carbocycles. The number of phenolic OH excluding ortho intramolecular Hbond substituents is 1. The van der Waals surface area contributed by atoms with E-state index in [1.165, 1.54) is 30.3 Å². The number of carbonyl (C=O) groups excluding carboxylic acids is 2. The standard InChI is InChI=1S/C31H30N2O7S/c1-18-28(31(36)40-17-20-8-3-6-13-27(20)41(32,37)38)29(19-9-7-10-22(34)14-19)30-24(33-18)15-21(16-25(30)35)23-11-4-5-12-26(23)39-2/h3-14,21,29,33-34H,15-17H2,1-2H3,(H2,32,37,38)/t21-,29-/m1/s1. The molecule has 5 rings (SSSR count). The number of ketones is 1. The molecular weight excluding hydrogens is 544 g/mol. The predicted octanol–water partition coefficient (Wildman–Crippen LogP) is 4.15. The average Bonchev–Trinajstić information content (AvgIpc) is 2.94. The second-order valence-corrected chi connectivity index (χ2v) is 11.6. The molecule has 0 bridgehead atoms. The summed E-state index contributed by atoms with van der Waals surface area (Å²) in [5, 5.41) is 18.9. The van der Waals surface area contributed by atoms with Gasteiger partial charge in [0, 0.05) is 40.8 Å². The van der Waals surface area contributed by atoms with Crippen molar-refractivity contribution in [3.05, 3.63) is 112 Å². The number of aromatic hydroxyl groups is 1. The highest BCUT2D eigenvalue weighted by atomic mass is 32.2. The van der Waals surface area contributed by atoms with Crippen LogP contribution in [0.4, 0.5) is 0 Å². The van der Waals surface area contributed by atoms with Crippen molar-refractivity contribution in [1.29, 1.82) is 0 Å². The van der Waals surface area contributed by atoms with E-state index in [1.807, 2.05) is 24.3 Å². The Kier molecular flexibility index (Phi) is 7.70. The summed E-state index contributed by atoms with van der Waals surface area (Å²) in [4.78, 5) is 27.3. The number of primary sulfonamides is 1. The van der Waals surface area contributed by atoms with Gasteiger partial charge in [-0.15, -0.1) is 0 Å². The van der Waals surface area contributed by atoms with E-state index < -0.39 is 21.9 Å². The Hall–Kier alpha value is -4.41. The number of nitrogens with one attached hydrogen (secondary N) is 1. The highest BCUT2D eigenvalue weighted by Gasteiger charge is 2.42. The monoisotopic (exact) mass is 574 g/mol. The maximum Gasteiger partial charge on any atom is 0.337 e. The predicted molar refractivity (Wildman–Crippen MR) is 151 cm³/mol. The van der Waals surface area contributed by atoms with E-state index in [2.05, 4.69) is 5.32 Å². The third-order valence-electron chi connectivity index (χ3n) is 7.47. The van der Waals surface area contributed by atoms with Crippen molar-refractivity contribution in [1.82, 2.24) is 5.32 Å². The zero-order valence-electron chi connectivity index (χ0n) is 22.6. The maximum atomic E-state index is 13.8. The lowest BCUT2D eigenvalue weighted by Gasteiger charge is -2.37. The fraction of sp³-hybridized carbons (Fsp3) is 0.226. The Balaban J connectivity index is 1.52. The number of nitrogens with two attached hydrogens (primary N) is 1. The molecular formula is C31H30N2O7S. The normalized spacial score (nSPS) is 19.0. The molecule has 0 amide bonds. The molecule has 0 unspecified atom stereocenters. The number of phenols is 1. The van der Waals surface area contributed by atoms with Crippen molar-refractivity contribution in [3.8, 4) is 11.5 Å². The van der Waals surface area contributed by atoms with Crippen molar-refractivity contribution < 1.29 is 32.6 Å². The molecule has 0 saturated heterocycles. The van der Waals surface area contributed by atoms with Gasteiger partial charge in [-0.25, -0.2) is 18.4 Å². The number of hydrogen-bond acceptors (Lipinski definition) is 8. The number of dihydropyridines is 1. The first-order valence-corrected chi connectivity index (χ1v) is 14.6. The molecule has 0 saturated carbocycles. The summed E-state index contributed by atoms with van der Waals surface area (Å²) in [6.07, 6.45) is 0.720. The Bertz CT molecular complexity index is 1710. The zero-order chi connectivity index (χ0) is 29.3. The second-order valence-electron chi connectivity index (χ2n) is 10.1. The highest BCUT2D eigenvalue weighted by Crippen LogP contribution is 2.47. The summed E-state index contributed by atoms with van der Waals surface area (Å²) in [6, 6.07) is 20.0. The van der Waals surface area contributed by atoms with Crippen LogP contribution in [0.15, 0.2) is 100 Å². The lowest BCUT2D eigenvalue weighted by molar-refractivity contribution is -0.140. The molecule has 9 nitrogen and oxygen atoms in total. The first kappa shape index (κ1) is 28.1. The van der Waals surface area contributed by atoms with E-state index in [4.69, 9.17) is 14.6 Å². The molecule has 0 fully saturated rings. The number of benzene rings is 3. The molecule has 0 aromatic heterocycles. The number of esters is 1. The molecule has 1 aliphatic heterocycles. The first-order valence-electron chi connectivity index (χ1n) is 13.0. The third kappa shape index (κ3) is 5.61. The molecule has 212 valence electrons. The molecule has 2 atom stereocenters. The number of Topliss-reactive ketones (excluding diaryl/α,β-unsaturated/α-hetero) is 1. The van der Waals surface area contributed by atoms with E-state index in [0.29, 0.717) is 34.7 Å². The first-order chi connectivity index (χ1) is 19.6. The number of carbonyl (C=O) groups is 2. The SMILES string of the molecule is COc1ccccc1[C@H]1CC(=O)C2=C(C1)NC(C)=C(C(=O)OCc1ccccc1S(N)(=O)=O)[C@H]2c1cccc(O)c1. The fourth-order valence-corrected chi connectivity index (χ4v) is 6.45. The van der Waals surface area contributed by atoms with Gasteiger partial charge in [0.15, 0.2) is 5.78 Å². The van der Waals surface area contributed by atoms with E-state index in [9.17, 15) is 23.1 Å². The largest absolute Gasteiger partial charge is 0.508 e. The van der Waals surface area contributed by atoms with Crippen LogP contribution in [0, 0.1) is 0 Å². The van der Waals surface area contributed by atoms with Gasteiger partial charge in [-0.05, 0) is 48.7 Å². The lowest BCUT2D eigenvalue weighted by Crippen LogP contribution is -2.36. The Labute approximate surface area is 238 Å². The Morgan fingerprint density at radius 3 is 2.51 bits per heavy atom. The minimum absolute atomic E-state index is 0.00853. The molecule has 0 spiro atoms. The van der Waals surface area contributed by atoms with Crippen molar-refractivity contribution in [2.45, 2.75) is 43.1 Å². The molecule has 1 aliphatic carbocycles. The number of sulfonamides is 1.